The average Bonchev–Trinajstić information content (AvgIpc) is 2.49. The second kappa shape index (κ2) is 8.47. The number of rotatable bonds is 5. The number of morpholine rings is 1. The normalized spacial score (nSPS) is 18.0. The maximum atomic E-state index is 12.7. The Balaban J connectivity index is 0.00000242. The molecule has 1 aliphatic heterocycles. The zero-order valence-electron chi connectivity index (χ0n) is 12.7. The standard InChI is InChI=1S/C14H21ClN2O3S.ClH/c1-3-14(17-7-9-20-10-8-17)16(2)21(18,19)13-6-4-5-12(15)11-13;/h4-6,11,14H,3,7-10H2,1-2H3;1H. The first kappa shape index (κ1) is 19.7. The maximum Gasteiger partial charge on any atom is 0.244 e. The van der Waals surface area contributed by atoms with Crippen LogP contribution >= 0.6 is 24.0 Å². The predicted molar refractivity (Wildman–Crippen MR) is 90.1 cm³/mol. The van der Waals surface area contributed by atoms with Crippen LogP contribution in [0.1, 0.15) is 13.3 Å². The lowest BCUT2D eigenvalue weighted by molar-refractivity contribution is -0.00793. The Morgan fingerprint density at radius 3 is 2.55 bits per heavy atom. The number of benzene rings is 1. The van der Waals surface area contributed by atoms with Crippen LogP contribution in [-0.2, 0) is 14.8 Å². The Labute approximate surface area is 143 Å². The Kier molecular flexibility index (Phi) is 7.58. The van der Waals surface area contributed by atoms with Gasteiger partial charge in [0.05, 0.1) is 24.3 Å². The van der Waals surface area contributed by atoms with Gasteiger partial charge in [0.25, 0.3) is 0 Å². The minimum absolute atomic E-state index is 0. The van der Waals surface area contributed by atoms with Crippen molar-refractivity contribution in [3.8, 4) is 0 Å². The first-order chi connectivity index (χ1) is 9.96. The summed E-state index contributed by atoms with van der Waals surface area (Å²) < 4.78 is 32.2. The summed E-state index contributed by atoms with van der Waals surface area (Å²) >= 11 is 5.91. The molecule has 22 heavy (non-hydrogen) atoms. The average molecular weight is 369 g/mol. The molecule has 2 rings (SSSR count). The fraction of sp³-hybridized carbons (Fsp3) is 0.571. The summed E-state index contributed by atoms with van der Waals surface area (Å²) in [6.45, 7) is 4.76. The van der Waals surface area contributed by atoms with Crippen molar-refractivity contribution in [3.63, 3.8) is 0 Å². The summed E-state index contributed by atoms with van der Waals surface area (Å²) in [6.07, 6.45) is 0.550. The topological polar surface area (TPSA) is 49.9 Å². The van der Waals surface area contributed by atoms with Crippen molar-refractivity contribution in [2.75, 3.05) is 33.4 Å². The first-order valence-electron chi connectivity index (χ1n) is 7.02. The summed E-state index contributed by atoms with van der Waals surface area (Å²) in [5, 5.41) is 0.420. The molecular weight excluding hydrogens is 347 g/mol. The number of sulfonamides is 1. The van der Waals surface area contributed by atoms with Crippen LogP contribution in [-0.4, -0.2) is 57.1 Å². The highest BCUT2D eigenvalue weighted by Crippen LogP contribution is 2.23. The number of nitrogens with zero attached hydrogens (tertiary/aromatic N) is 2. The molecule has 0 amide bonds. The van der Waals surface area contributed by atoms with Crippen molar-refractivity contribution < 1.29 is 13.2 Å². The van der Waals surface area contributed by atoms with E-state index in [0.717, 1.165) is 19.5 Å². The van der Waals surface area contributed by atoms with Crippen molar-refractivity contribution in [1.82, 2.24) is 9.21 Å². The molecule has 126 valence electrons. The van der Waals surface area contributed by atoms with Crippen LogP contribution in [0.5, 0.6) is 0 Å². The highest BCUT2D eigenvalue weighted by molar-refractivity contribution is 7.89. The van der Waals surface area contributed by atoms with Gasteiger partial charge in [-0.05, 0) is 24.6 Å². The lowest BCUT2D eigenvalue weighted by atomic mass is 10.3. The van der Waals surface area contributed by atoms with Gasteiger partial charge in [-0.15, -0.1) is 12.4 Å². The minimum Gasteiger partial charge on any atom is -0.379 e. The molecule has 1 aromatic carbocycles. The Morgan fingerprint density at radius 2 is 2.00 bits per heavy atom. The Morgan fingerprint density at radius 1 is 1.36 bits per heavy atom. The third-order valence-corrected chi connectivity index (χ3v) is 5.81. The van der Waals surface area contributed by atoms with E-state index in [0.29, 0.717) is 18.2 Å². The molecule has 1 heterocycles. The van der Waals surface area contributed by atoms with Crippen molar-refractivity contribution in [1.29, 1.82) is 0 Å². The first-order valence-corrected chi connectivity index (χ1v) is 8.84. The monoisotopic (exact) mass is 368 g/mol. The van der Waals surface area contributed by atoms with Gasteiger partial charge < -0.3 is 4.74 Å². The second-order valence-electron chi connectivity index (χ2n) is 5.02. The van der Waals surface area contributed by atoms with E-state index in [9.17, 15) is 8.42 Å². The largest absolute Gasteiger partial charge is 0.379 e. The molecule has 0 N–H and O–H groups in total. The molecule has 0 bridgehead atoms. The van der Waals surface area contributed by atoms with E-state index < -0.39 is 10.0 Å². The van der Waals surface area contributed by atoms with E-state index in [2.05, 4.69) is 4.90 Å². The fourth-order valence-corrected chi connectivity index (χ4v) is 4.29. The molecule has 0 aliphatic carbocycles. The van der Waals surface area contributed by atoms with Crippen LogP contribution in [0.15, 0.2) is 29.2 Å². The second-order valence-corrected chi connectivity index (χ2v) is 7.45. The quantitative estimate of drug-likeness (QED) is 0.800. The van der Waals surface area contributed by atoms with Gasteiger partial charge in [0.1, 0.15) is 0 Å². The lowest BCUT2D eigenvalue weighted by Crippen LogP contribution is -2.52. The van der Waals surface area contributed by atoms with Gasteiger partial charge in [-0.2, -0.15) is 4.31 Å². The molecule has 0 radical (unpaired) electrons. The smallest absolute Gasteiger partial charge is 0.244 e. The molecule has 1 aromatic rings. The zero-order chi connectivity index (χ0) is 15.5. The summed E-state index contributed by atoms with van der Waals surface area (Å²) in [5.41, 5.74) is 0. The molecule has 1 unspecified atom stereocenters. The van der Waals surface area contributed by atoms with Crippen molar-refractivity contribution in [2.24, 2.45) is 0 Å². The van der Waals surface area contributed by atoms with E-state index in [-0.39, 0.29) is 23.5 Å². The summed E-state index contributed by atoms with van der Waals surface area (Å²) in [7, 11) is -1.93. The van der Waals surface area contributed by atoms with Gasteiger partial charge in [0.2, 0.25) is 10.0 Å². The molecule has 0 saturated carbocycles. The summed E-state index contributed by atoms with van der Waals surface area (Å²) in [4.78, 5) is 2.37. The van der Waals surface area contributed by atoms with E-state index in [1.807, 2.05) is 6.92 Å². The van der Waals surface area contributed by atoms with Gasteiger partial charge in [-0.25, -0.2) is 8.42 Å². The molecule has 8 heteroatoms. The molecule has 5 nitrogen and oxygen atoms in total. The van der Waals surface area contributed by atoms with Crippen molar-refractivity contribution in [3.05, 3.63) is 29.3 Å². The van der Waals surface area contributed by atoms with Crippen LogP contribution in [0.2, 0.25) is 5.02 Å². The molecular formula is C14H22Cl2N2O3S. The van der Waals surface area contributed by atoms with Crippen molar-refractivity contribution in [2.45, 2.75) is 24.4 Å². The van der Waals surface area contributed by atoms with Crippen LogP contribution < -0.4 is 0 Å². The molecule has 0 spiro atoms. The maximum absolute atomic E-state index is 12.7. The van der Waals surface area contributed by atoms with Crippen LogP contribution in [0.25, 0.3) is 0 Å². The van der Waals surface area contributed by atoms with Crippen LogP contribution in [0, 0.1) is 0 Å². The Hall–Kier alpha value is -0.370. The van der Waals surface area contributed by atoms with Crippen molar-refractivity contribution >= 4 is 34.0 Å². The van der Waals surface area contributed by atoms with E-state index in [1.165, 1.54) is 10.4 Å². The summed E-state index contributed by atoms with van der Waals surface area (Å²) in [6, 6.07) is 6.38. The number of halogens is 2. The van der Waals surface area contributed by atoms with Gasteiger partial charge in [0, 0.05) is 25.2 Å². The van der Waals surface area contributed by atoms with Gasteiger partial charge >= 0.3 is 0 Å². The van der Waals surface area contributed by atoms with E-state index in [4.69, 9.17) is 16.3 Å². The van der Waals surface area contributed by atoms with Gasteiger partial charge in [-0.3, -0.25) is 4.90 Å². The molecule has 1 fully saturated rings. The van der Waals surface area contributed by atoms with Crippen LogP contribution in [0.4, 0.5) is 0 Å². The number of ether oxygens (including phenoxy) is 1. The fourth-order valence-electron chi connectivity index (χ4n) is 2.57. The minimum atomic E-state index is -3.56. The zero-order valence-corrected chi connectivity index (χ0v) is 15.1. The Bertz CT molecular complexity index is 577. The SMILES string of the molecule is CCC(N1CCOCC1)N(C)S(=O)(=O)c1cccc(Cl)c1.Cl. The number of hydrogen-bond acceptors (Lipinski definition) is 4. The number of hydrogen-bond donors (Lipinski definition) is 0. The lowest BCUT2D eigenvalue weighted by Gasteiger charge is -2.38. The van der Waals surface area contributed by atoms with E-state index >= 15 is 0 Å². The summed E-state index contributed by atoms with van der Waals surface area (Å²) in [5.74, 6) is 0. The molecule has 0 aromatic heterocycles. The molecule has 1 atom stereocenters. The highest BCUT2D eigenvalue weighted by Gasteiger charge is 2.31. The van der Waals surface area contributed by atoms with Gasteiger partial charge in [-0.1, -0.05) is 24.6 Å². The predicted octanol–water partition coefficient (Wildman–Crippen LogP) is 2.45. The van der Waals surface area contributed by atoms with Gasteiger partial charge in [0.15, 0.2) is 0 Å². The molecule has 1 aliphatic rings. The van der Waals surface area contributed by atoms with E-state index in [1.54, 1.807) is 25.2 Å². The highest BCUT2D eigenvalue weighted by atomic mass is 35.5. The molecule has 1 saturated heterocycles. The third kappa shape index (κ3) is 4.34. The van der Waals surface area contributed by atoms with Crippen LogP contribution in [0.3, 0.4) is 0 Å². The third-order valence-electron chi connectivity index (χ3n) is 3.73.